The third kappa shape index (κ3) is 2.98. The van der Waals surface area contributed by atoms with E-state index in [1.54, 1.807) is 0 Å². The van der Waals surface area contributed by atoms with E-state index in [-0.39, 0.29) is 0 Å². The van der Waals surface area contributed by atoms with E-state index < -0.39 is 0 Å². The molecule has 0 spiro atoms. The molecule has 0 aromatic rings. The molecule has 0 saturated heterocycles. The first-order chi connectivity index (χ1) is 7.66. The van der Waals surface area contributed by atoms with Crippen LogP contribution in [0.3, 0.4) is 0 Å². The minimum Gasteiger partial charge on any atom is -0.315 e. The second-order valence-electron chi connectivity index (χ2n) is 6.21. The van der Waals surface area contributed by atoms with Crippen LogP contribution < -0.4 is 5.32 Å². The fourth-order valence-corrected chi connectivity index (χ4v) is 3.43. The largest absolute Gasteiger partial charge is 0.315 e. The maximum atomic E-state index is 3.66. The van der Waals surface area contributed by atoms with Crippen molar-refractivity contribution in [1.82, 2.24) is 10.2 Å². The molecule has 2 fully saturated rings. The van der Waals surface area contributed by atoms with Gasteiger partial charge in [-0.3, -0.25) is 0 Å². The normalized spacial score (nSPS) is 33.2. The van der Waals surface area contributed by atoms with E-state index in [1.165, 1.54) is 38.8 Å². The predicted molar refractivity (Wildman–Crippen MR) is 69.6 cm³/mol. The summed E-state index contributed by atoms with van der Waals surface area (Å²) in [6.45, 7) is 8.13. The summed E-state index contributed by atoms with van der Waals surface area (Å²) in [5.74, 6) is 3.17. The van der Waals surface area contributed by atoms with E-state index in [9.17, 15) is 0 Å². The topological polar surface area (TPSA) is 15.3 Å². The molecule has 2 aliphatic rings. The Morgan fingerprint density at radius 1 is 1.25 bits per heavy atom. The number of rotatable bonds is 6. The smallest absolute Gasteiger partial charge is 0.0106 e. The van der Waals surface area contributed by atoms with Gasteiger partial charge < -0.3 is 10.2 Å². The Bertz CT molecular complexity index is 215. The van der Waals surface area contributed by atoms with Crippen molar-refractivity contribution < 1.29 is 0 Å². The van der Waals surface area contributed by atoms with Gasteiger partial charge in [-0.05, 0) is 64.5 Å². The van der Waals surface area contributed by atoms with Gasteiger partial charge in [-0.25, -0.2) is 0 Å². The molecular formula is C14H28N2. The van der Waals surface area contributed by atoms with Crippen molar-refractivity contribution in [3.63, 3.8) is 0 Å². The summed E-state index contributed by atoms with van der Waals surface area (Å²) in [4.78, 5) is 2.41. The molecule has 2 bridgehead atoms. The van der Waals surface area contributed by atoms with E-state index in [2.05, 4.69) is 31.1 Å². The van der Waals surface area contributed by atoms with Crippen LogP contribution in [0.15, 0.2) is 0 Å². The quantitative estimate of drug-likeness (QED) is 0.697. The van der Waals surface area contributed by atoms with E-state index in [0.29, 0.717) is 6.04 Å². The van der Waals surface area contributed by atoms with Crippen LogP contribution in [0.25, 0.3) is 0 Å². The maximum absolute atomic E-state index is 3.66. The molecule has 1 N–H and O–H groups in total. The molecular weight excluding hydrogens is 196 g/mol. The first-order valence-corrected chi connectivity index (χ1v) is 7.07. The third-order valence-corrected chi connectivity index (χ3v) is 4.81. The number of nitrogens with zero attached hydrogens (tertiary/aromatic N) is 1. The van der Waals surface area contributed by atoms with Gasteiger partial charge in [0.25, 0.3) is 0 Å². The van der Waals surface area contributed by atoms with Crippen molar-refractivity contribution in [3.8, 4) is 0 Å². The minimum atomic E-state index is 0.671. The van der Waals surface area contributed by atoms with Crippen LogP contribution in [0.5, 0.6) is 0 Å². The molecule has 3 unspecified atom stereocenters. The number of fused-ring (bicyclic) bond motifs is 2. The molecule has 2 heteroatoms. The van der Waals surface area contributed by atoms with Gasteiger partial charge in [0.2, 0.25) is 0 Å². The highest BCUT2D eigenvalue weighted by molar-refractivity contribution is 4.90. The summed E-state index contributed by atoms with van der Waals surface area (Å²) >= 11 is 0. The highest BCUT2D eigenvalue weighted by Crippen LogP contribution is 2.47. The molecule has 0 heterocycles. The monoisotopic (exact) mass is 224 g/mol. The Morgan fingerprint density at radius 2 is 2.06 bits per heavy atom. The maximum Gasteiger partial charge on any atom is 0.0106 e. The summed E-state index contributed by atoms with van der Waals surface area (Å²) in [7, 11) is 2.21. The fourth-order valence-electron chi connectivity index (χ4n) is 3.43. The molecule has 2 aliphatic carbocycles. The second-order valence-corrected chi connectivity index (χ2v) is 6.21. The van der Waals surface area contributed by atoms with E-state index in [0.717, 1.165) is 24.3 Å². The van der Waals surface area contributed by atoms with Gasteiger partial charge >= 0.3 is 0 Å². The zero-order chi connectivity index (χ0) is 11.5. The van der Waals surface area contributed by atoms with E-state index in [1.807, 2.05) is 0 Å². The van der Waals surface area contributed by atoms with Crippen LogP contribution in [0.2, 0.25) is 0 Å². The van der Waals surface area contributed by atoms with E-state index in [4.69, 9.17) is 0 Å². The molecule has 16 heavy (non-hydrogen) atoms. The highest BCUT2D eigenvalue weighted by Gasteiger charge is 2.38. The Kier molecular flexibility index (Phi) is 4.26. The van der Waals surface area contributed by atoms with Gasteiger partial charge in [0.05, 0.1) is 0 Å². The Hall–Kier alpha value is -0.0800. The average Bonchev–Trinajstić information content (AvgIpc) is 2.85. The van der Waals surface area contributed by atoms with Crippen molar-refractivity contribution in [2.45, 2.75) is 45.6 Å². The molecule has 0 radical (unpaired) electrons. The van der Waals surface area contributed by atoms with Crippen molar-refractivity contribution in [1.29, 1.82) is 0 Å². The van der Waals surface area contributed by atoms with E-state index >= 15 is 0 Å². The SMILES string of the molecule is CC(C)N(C)CCNCC1CC2CCC1C2. The van der Waals surface area contributed by atoms with Gasteiger partial charge in [0.1, 0.15) is 0 Å². The molecule has 0 aromatic carbocycles. The number of hydrogen-bond acceptors (Lipinski definition) is 2. The number of hydrogen-bond donors (Lipinski definition) is 1. The molecule has 2 nitrogen and oxygen atoms in total. The van der Waals surface area contributed by atoms with Crippen LogP contribution in [-0.2, 0) is 0 Å². The predicted octanol–water partition coefficient (Wildman–Crippen LogP) is 2.35. The van der Waals surface area contributed by atoms with Crippen LogP contribution in [0, 0.1) is 17.8 Å². The molecule has 0 amide bonds. The molecule has 3 atom stereocenters. The summed E-state index contributed by atoms with van der Waals surface area (Å²) < 4.78 is 0. The van der Waals surface area contributed by atoms with Gasteiger partial charge in [0, 0.05) is 19.1 Å². The Morgan fingerprint density at radius 3 is 2.62 bits per heavy atom. The first-order valence-electron chi connectivity index (χ1n) is 7.07. The van der Waals surface area contributed by atoms with Crippen molar-refractivity contribution in [3.05, 3.63) is 0 Å². The summed E-state index contributed by atoms with van der Waals surface area (Å²) in [5.41, 5.74) is 0. The van der Waals surface area contributed by atoms with Crippen LogP contribution in [-0.4, -0.2) is 37.6 Å². The summed E-state index contributed by atoms with van der Waals surface area (Å²) in [6.07, 6.45) is 6.09. The van der Waals surface area contributed by atoms with Crippen LogP contribution in [0.1, 0.15) is 39.5 Å². The average molecular weight is 224 g/mol. The third-order valence-electron chi connectivity index (χ3n) is 4.81. The lowest BCUT2D eigenvalue weighted by atomic mass is 9.89. The Labute approximate surface area is 101 Å². The van der Waals surface area contributed by atoms with Crippen LogP contribution >= 0.6 is 0 Å². The van der Waals surface area contributed by atoms with Crippen molar-refractivity contribution in [2.24, 2.45) is 17.8 Å². The zero-order valence-electron chi connectivity index (χ0n) is 11.2. The first kappa shape index (κ1) is 12.4. The zero-order valence-corrected chi connectivity index (χ0v) is 11.2. The fraction of sp³-hybridized carbons (Fsp3) is 1.00. The highest BCUT2D eigenvalue weighted by atomic mass is 15.1. The minimum absolute atomic E-state index is 0.671. The van der Waals surface area contributed by atoms with Crippen molar-refractivity contribution >= 4 is 0 Å². The van der Waals surface area contributed by atoms with Gasteiger partial charge in [-0.1, -0.05) is 6.42 Å². The van der Waals surface area contributed by atoms with Gasteiger partial charge in [0.15, 0.2) is 0 Å². The van der Waals surface area contributed by atoms with Crippen LogP contribution in [0.4, 0.5) is 0 Å². The number of likely N-dealkylation sites (N-methyl/N-ethyl adjacent to an activating group) is 1. The molecule has 0 aromatic heterocycles. The van der Waals surface area contributed by atoms with Crippen molar-refractivity contribution in [2.75, 3.05) is 26.7 Å². The lowest BCUT2D eigenvalue weighted by Gasteiger charge is -2.24. The lowest BCUT2D eigenvalue weighted by Crippen LogP contribution is -2.36. The van der Waals surface area contributed by atoms with Gasteiger partial charge in [-0.2, -0.15) is 0 Å². The standard InChI is InChI=1S/C14H28N2/c1-11(2)16(3)7-6-15-10-14-9-12-4-5-13(14)8-12/h11-15H,4-10H2,1-3H3. The lowest BCUT2D eigenvalue weighted by molar-refractivity contribution is 0.263. The summed E-state index contributed by atoms with van der Waals surface area (Å²) in [5, 5.41) is 3.66. The molecule has 94 valence electrons. The second kappa shape index (κ2) is 5.50. The Balaban J connectivity index is 1.55. The molecule has 0 aliphatic heterocycles. The molecule has 2 saturated carbocycles. The van der Waals surface area contributed by atoms with Gasteiger partial charge in [-0.15, -0.1) is 0 Å². The molecule has 2 rings (SSSR count). The summed E-state index contributed by atoms with van der Waals surface area (Å²) in [6, 6.07) is 0.671. The number of nitrogens with one attached hydrogen (secondary N) is 1.